The van der Waals surface area contributed by atoms with Crippen LogP contribution in [0.5, 0.6) is 5.88 Å². The third-order valence-electron chi connectivity index (χ3n) is 10.6. The summed E-state index contributed by atoms with van der Waals surface area (Å²) in [6.07, 6.45) is 6.43. The first kappa shape index (κ1) is 31.9. The number of hydrogen-bond donors (Lipinski definition) is 2. The van der Waals surface area contributed by atoms with E-state index in [1.807, 2.05) is 6.07 Å². The molecule has 5 heterocycles. The first-order chi connectivity index (χ1) is 24.8. The van der Waals surface area contributed by atoms with Crippen LogP contribution < -0.4 is 25.2 Å². The van der Waals surface area contributed by atoms with Crippen LogP contribution in [0.3, 0.4) is 0 Å². The van der Waals surface area contributed by atoms with Gasteiger partial charge in [-0.3, -0.25) is 4.79 Å². The standard InChI is InChI=1S/C38H40N8O4S/c1-24-4-2-5-25-6-3-7-33(37(24)25)44-17-16-31-32(21-44)42-36(18-34(31)45-19-28-10-11-29(20-45)40-28)50-22-35(47)41-27-12-14-30(15-13-27)51(48,49)46-23-39-38(43-46)26-8-9-26/h2-7,12-15,18,23,26,28-29,40H,8-11,16-17,19-22H2,1H3,(H,41,47)/t28-,29+. The summed E-state index contributed by atoms with van der Waals surface area (Å²) in [4.78, 5) is 27.2. The van der Waals surface area contributed by atoms with Gasteiger partial charge >= 0.3 is 0 Å². The molecule has 2 bridgehead atoms. The zero-order valence-corrected chi connectivity index (χ0v) is 29.3. The van der Waals surface area contributed by atoms with Crippen LogP contribution in [-0.2, 0) is 27.8 Å². The summed E-state index contributed by atoms with van der Waals surface area (Å²) in [5.74, 6) is 0.849. The van der Waals surface area contributed by atoms with Crippen molar-refractivity contribution in [3.05, 3.63) is 95.7 Å². The minimum absolute atomic E-state index is 0.0591. The zero-order valence-electron chi connectivity index (χ0n) is 28.5. The molecule has 9 rings (SSSR count). The molecular weight excluding hydrogens is 665 g/mol. The third kappa shape index (κ3) is 6.18. The van der Waals surface area contributed by atoms with Crippen LogP contribution in [0.1, 0.15) is 54.2 Å². The van der Waals surface area contributed by atoms with Crippen LogP contribution in [0.15, 0.2) is 78.0 Å². The summed E-state index contributed by atoms with van der Waals surface area (Å²) >= 11 is 0. The summed E-state index contributed by atoms with van der Waals surface area (Å²) in [7, 11) is -3.89. The predicted molar refractivity (Wildman–Crippen MR) is 195 cm³/mol. The lowest BCUT2D eigenvalue weighted by molar-refractivity contribution is -0.118. The Morgan fingerprint density at radius 2 is 1.73 bits per heavy atom. The van der Waals surface area contributed by atoms with E-state index in [4.69, 9.17) is 9.72 Å². The van der Waals surface area contributed by atoms with Crippen molar-refractivity contribution in [2.45, 2.75) is 68.5 Å². The molecule has 3 fully saturated rings. The number of fused-ring (bicyclic) bond motifs is 4. The van der Waals surface area contributed by atoms with E-state index < -0.39 is 10.0 Å². The number of ether oxygens (including phenoxy) is 1. The average molecular weight is 705 g/mol. The Morgan fingerprint density at radius 3 is 2.49 bits per heavy atom. The molecule has 1 saturated carbocycles. The number of aromatic nitrogens is 4. The minimum Gasteiger partial charge on any atom is -0.467 e. The summed E-state index contributed by atoms with van der Waals surface area (Å²) in [6, 6.07) is 21.9. The lowest BCUT2D eigenvalue weighted by atomic mass is 9.98. The van der Waals surface area contributed by atoms with E-state index in [2.05, 4.69) is 73.8 Å². The Kier molecular flexibility index (Phi) is 7.92. The molecule has 1 amide bonds. The van der Waals surface area contributed by atoms with Crippen molar-refractivity contribution >= 4 is 43.8 Å². The second kappa shape index (κ2) is 12.6. The molecule has 0 radical (unpaired) electrons. The van der Waals surface area contributed by atoms with Gasteiger partial charge in [0.05, 0.1) is 17.1 Å². The van der Waals surface area contributed by atoms with Gasteiger partial charge in [-0.1, -0.05) is 30.3 Å². The van der Waals surface area contributed by atoms with Crippen LogP contribution in [0.2, 0.25) is 0 Å². The SMILES string of the molecule is Cc1cccc2cccc(N3CCc4c(N5C[C@H]6CC[C@@H](C5)N6)cc(OCC(=O)Nc5ccc(S(=O)(=O)n6cnc(C7CC7)n6)cc5)nc4C3)c12. The van der Waals surface area contributed by atoms with Gasteiger partial charge in [0.1, 0.15) is 6.33 Å². The van der Waals surface area contributed by atoms with Crippen LogP contribution in [-0.4, -0.2) is 71.8 Å². The molecule has 51 heavy (non-hydrogen) atoms. The number of nitrogens with zero attached hydrogens (tertiary/aromatic N) is 6. The van der Waals surface area contributed by atoms with Gasteiger partial charge in [-0.05, 0) is 80.3 Å². The molecule has 2 saturated heterocycles. The van der Waals surface area contributed by atoms with Gasteiger partial charge in [-0.2, -0.15) is 8.42 Å². The van der Waals surface area contributed by atoms with E-state index in [1.165, 1.54) is 58.9 Å². The Morgan fingerprint density at radius 1 is 0.961 bits per heavy atom. The topological polar surface area (TPSA) is 135 Å². The van der Waals surface area contributed by atoms with Gasteiger partial charge < -0.3 is 25.2 Å². The zero-order chi connectivity index (χ0) is 34.7. The fourth-order valence-electron chi connectivity index (χ4n) is 7.88. The van der Waals surface area contributed by atoms with Crippen molar-refractivity contribution in [2.75, 3.05) is 41.4 Å². The number of benzene rings is 3. The second-order valence-electron chi connectivity index (χ2n) is 14.2. The van der Waals surface area contributed by atoms with E-state index in [9.17, 15) is 13.2 Å². The van der Waals surface area contributed by atoms with Crippen LogP contribution in [0.25, 0.3) is 10.8 Å². The van der Waals surface area contributed by atoms with Crippen LogP contribution in [0.4, 0.5) is 17.1 Å². The largest absolute Gasteiger partial charge is 0.467 e. The number of hydrogen-bond acceptors (Lipinski definition) is 10. The molecule has 2 aromatic heterocycles. The van der Waals surface area contributed by atoms with Gasteiger partial charge in [-0.25, -0.2) is 9.97 Å². The number of piperazine rings is 1. The van der Waals surface area contributed by atoms with E-state index in [1.54, 1.807) is 12.1 Å². The monoisotopic (exact) mass is 704 g/mol. The molecule has 1 aliphatic carbocycles. The van der Waals surface area contributed by atoms with Gasteiger partial charge in [0.15, 0.2) is 12.4 Å². The number of nitrogens with one attached hydrogen (secondary N) is 2. The Balaban J connectivity index is 0.930. The highest BCUT2D eigenvalue weighted by Crippen LogP contribution is 2.39. The molecule has 262 valence electrons. The highest BCUT2D eigenvalue weighted by molar-refractivity contribution is 7.89. The minimum atomic E-state index is -3.89. The molecule has 3 aromatic carbocycles. The van der Waals surface area contributed by atoms with Crippen LogP contribution >= 0.6 is 0 Å². The van der Waals surface area contributed by atoms with Crippen molar-refractivity contribution < 1.29 is 17.9 Å². The molecule has 0 unspecified atom stereocenters. The van der Waals surface area contributed by atoms with Gasteiger partial charge in [0.25, 0.3) is 15.9 Å². The predicted octanol–water partition coefficient (Wildman–Crippen LogP) is 4.77. The van der Waals surface area contributed by atoms with E-state index in [0.29, 0.717) is 36.0 Å². The van der Waals surface area contributed by atoms with Crippen LogP contribution in [0, 0.1) is 6.92 Å². The molecule has 12 nitrogen and oxygen atoms in total. The van der Waals surface area contributed by atoms with E-state index in [0.717, 1.165) is 54.4 Å². The Hall–Kier alpha value is -5.01. The van der Waals surface area contributed by atoms with Crippen molar-refractivity contribution in [3.8, 4) is 5.88 Å². The average Bonchev–Trinajstić information content (AvgIpc) is 3.76. The number of aryl methyl sites for hydroxylation is 1. The number of carbonyl (C=O) groups is 1. The van der Waals surface area contributed by atoms with Crippen molar-refractivity contribution in [2.24, 2.45) is 0 Å². The highest BCUT2D eigenvalue weighted by atomic mass is 32.2. The number of carbonyl (C=O) groups excluding carboxylic acids is 1. The number of anilines is 3. The summed E-state index contributed by atoms with van der Waals surface area (Å²) in [5.41, 5.74) is 6.28. The maximum absolute atomic E-state index is 13.1. The Bertz CT molecular complexity index is 2230. The third-order valence-corrected chi connectivity index (χ3v) is 12.1. The molecule has 13 heteroatoms. The van der Waals surface area contributed by atoms with Crippen molar-refractivity contribution in [1.82, 2.24) is 24.5 Å². The fourth-order valence-corrected chi connectivity index (χ4v) is 8.94. The molecule has 2 N–H and O–H groups in total. The van der Waals surface area contributed by atoms with Gasteiger partial charge in [0.2, 0.25) is 5.88 Å². The van der Waals surface area contributed by atoms with Gasteiger partial charge in [-0.15, -0.1) is 9.19 Å². The normalized spacial score (nSPS) is 20.0. The molecule has 2 atom stereocenters. The summed E-state index contributed by atoms with van der Waals surface area (Å²) in [5, 5.41) is 13.2. The van der Waals surface area contributed by atoms with E-state index in [-0.39, 0.29) is 23.3 Å². The van der Waals surface area contributed by atoms with E-state index >= 15 is 0 Å². The number of amides is 1. The van der Waals surface area contributed by atoms with Gasteiger partial charge in [0, 0.05) is 71.7 Å². The molecule has 0 spiro atoms. The molecule has 4 aliphatic rings. The Labute approximate surface area is 296 Å². The van der Waals surface area contributed by atoms with Crippen molar-refractivity contribution in [3.63, 3.8) is 0 Å². The second-order valence-corrected chi connectivity index (χ2v) is 16.0. The lowest BCUT2D eigenvalue weighted by Gasteiger charge is -2.38. The first-order valence-electron chi connectivity index (χ1n) is 17.8. The first-order valence-corrected chi connectivity index (χ1v) is 19.2. The highest BCUT2D eigenvalue weighted by Gasteiger charge is 2.35. The summed E-state index contributed by atoms with van der Waals surface area (Å²) in [6.45, 7) is 5.32. The quantitative estimate of drug-likeness (QED) is 0.221. The number of rotatable bonds is 9. The molecule has 3 aliphatic heterocycles. The maximum Gasteiger partial charge on any atom is 0.284 e. The van der Waals surface area contributed by atoms with Crippen molar-refractivity contribution in [1.29, 1.82) is 0 Å². The summed E-state index contributed by atoms with van der Waals surface area (Å²) < 4.78 is 33.2. The fraction of sp³-hybridized carbons (Fsp3) is 0.368. The molecular formula is C38H40N8O4S. The lowest BCUT2D eigenvalue weighted by Crippen LogP contribution is -2.51. The maximum atomic E-state index is 13.1. The smallest absolute Gasteiger partial charge is 0.284 e. The number of pyridine rings is 1. The molecule has 5 aromatic rings.